The van der Waals surface area contributed by atoms with Gasteiger partial charge in [-0.1, -0.05) is 41.5 Å². The van der Waals surface area contributed by atoms with E-state index in [1.54, 1.807) is 0 Å². The van der Waals surface area contributed by atoms with E-state index in [0.29, 0.717) is 0 Å². The fourth-order valence-corrected chi connectivity index (χ4v) is 2.95. The van der Waals surface area contributed by atoms with Crippen LogP contribution < -0.4 is 0 Å². The predicted molar refractivity (Wildman–Crippen MR) is 78.6 cm³/mol. The van der Waals surface area contributed by atoms with E-state index in [1.165, 1.54) is 52.1 Å². The van der Waals surface area contributed by atoms with Crippen LogP contribution in [0.4, 0.5) is 0 Å². The van der Waals surface area contributed by atoms with E-state index in [1.807, 2.05) is 27.7 Å². The van der Waals surface area contributed by atoms with Crippen LogP contribution in [0.1, 0.15) is 54.4 Å². The van der Waals surface area contributed by atoms with Crippen molar-refractivity contribution in [3.63, 3.8) is 0 Å². The summed E-state index contributed by atoms with van der Waals surface area (Å²) in [5.74, 6) is 0. The maximum atomic E-state index is 2.60. The van der Waals surface area contributed by atoms with Crippen molar-refractivity contribution in [2.75, 3.05) is 39.3 Å². The standard InChI is InChI=1S/C11H22N2.2C2H6/c1-3-5-12-7-11(8-12)9-13(10-11)6-4-2;2*1-2/h3-10H2,1-2H3;2*1-2H3. The van der Waals surface area contributed by atoms with Crippen LogP contribution in [0.5, 0.6) is 0 Å². The molecule has 0 atom stereocenters. The quantitative estimate of drug-likeness (QED) is 0.745. The number of hydrogen-bond acceptors (Lipinski definition) is 2. The largest absolute Gasteiger partial charge is 0.302 e. The summed E-state index contributed by atoms with van der Waals surface area (Å²) < 4.78 is 0. The van der Waals surface area contributed by atoms with Gasteiger partial charge in [-0.3, -0.25) is 0 Å². The van der Waals surface area contributed by atoms with Crippen molar-refractivity contribution in [3.05, 3.63) is 0 Å². The highest BCUT2D eigenvalue weighted by Crippen LogP contribution is 2.39. The molecule has 2 nitrogen and oxygen atoms in total. The second-order valence-corrected chi connectivity index (χ2v) is 4.92. The Kier molecular flexibility index (Phi) is 8.89. The minimum atomic E-state index is 0.740. The highest BCUT2D eigenvalue weighted by molar-refractivity contribution is 5.05. The lowest BCUT2D eigenvalue weighted by atomic mass is 9.73. The lowest BCUT2D eigenvalue weighted by Crippen LogP contribution is -2.71. The fraction of sp³-hybridized carbons (Fsp3) is 1.00. The van der Waals surface area contributed by atoms with Gasteiger partial charge in [0.15, 0.2) is 0 Å². The SMILES string of the molecule is CC.CC.CCCN1CC2(C1)CN(CCC)C2. The molecule has 0 bridgehead atoms. The molecule has 2 rings (SSSR count). The molecule has 17 heavy (non-hydrogen) atoms. The molecular weight excluding hydrogens is 208 g/mol. The van der Waals surface area contributed by atoms with Gasteiger partial charge in [0.05, 0.1) is 0 Å². The molecule has 0 saturated carbocycles. The zero-order valence-electron chi connectivity index (χ0n) is 13.1. The van der Waals surface area contributed by atoms with Gasteiger partial charge in [-0.2, -0.15) is 0 Å². The predicted octanol–water partition coefficient (Wildman–Crippen LogP) is 3.48. The van der Waals surface area contributed by atoms with Crippen LogP contribution in [0, 0.1) is 5.41 Å². The monoisotopic (exact) mass is 242 g/mol. The molecule has 2 heterocycles. The zero-order valence-corrected chi connectivity index (χ0v) is 13.1. The Morgan fingerprint density at radius 3 is 1.24 bits per heavy atom. The molecule has 0 aromatic heterocycles. The molecule has 2 heteroatoms. The first-order valence-corrected chi connectivity index (χ1v) is 7.73. The molecule has 0 aromatic rings. The first-order chi connectivity index (χ1) is 8.28. The van der Waals surface area contributed by atoms with Crippen molar-refractivity contribution in [2.24, 2.45) is 5.41 Å². The summed E-state index contributed by atoms with van der Waals surface area (Å²) in [5, 5.41) is 0. The van der Waals surface area contributed by atoms with E-state index in [4.69, 9.17) is 0 Å². The van der Waals surface area contributed by atoms with Crippen LogP contribution in [0.3, 0.4) is 0 Å². The lowest BCUT2D eigenvalue weighted by molar-refractivity contribution is -0.113. The highest BCUT2D eigenvalue weighted by Gasteiger charge is 2.50. The Balaban J connectivity index is 0.000000581. The maximum absolute atomic E-state index is 2.60. The van der Waals surface area contributed by atoms with E-state index in [2.05, 4.69) is 23.6 Å². The van der Waals surface area contributed by atoms with Crippen molar-refractivity contribution in [1.82, 2.24) is 9.80 Å². The lowest BCUT2D eigenvalue weighted by Gasteiger charge is -2.60. The number of hydrogen-bond donors (Lipinski definition) is 0. The summed E-state index contributed by atoms with van der Waals surface area (Å²) in [4.78, 5) is 5.20. The highest BCUT2D eigenvalue weighted by atomic mass is 15.3. The van der Waals surface area contributed by atoms with Crippen LogP contribution in [0.2, 0.25) is 0 Å². The molecule has 0 unspecified atom stereocenters. The minimum Gasteiger partial charge on any atom is -0.302 e. The zero-order chi connectivity index (χ0) is 13.3. The molecule has 0 amide bonds. The molecule has 2 fully saturated rings. The molecule has 2 aliphatic rings. The van der Waals surface area contributed by atoms with Crippen LogP contribution in [0.15, 0.2) is 0 Å². The van der Waals surface area contributed by atoms with Gasteiger partial charge in [-0.05, 0) is 25.9 Å². The average molecular weight is 242 g/mol. The summed E-state index contributed by atoms with van der Waals surface area (Å²) >= 11 is 0. The van der Waals surface area contributed by atoms with Crippen molar-refractivity contribution >= 4 is 0 Å². The van der Waals surface area contributed by atoms with E-state index in [0.717, 1.165) is 5.41 Å². The topological polar surface area (TPSA) is 6.48 Å². The smallest absolute Gasteiger partial charge is 0.0212 e. The van der Waals surface area contributed by atoms with Crippen LogP contribution in [0.25, 0.3) is 0 Å². The first-order valence-electron chi connectivity index (χ1n) is 7.73. The summed E-state index contributed by atoms with van der Waals surface area (Å²) in [6.07, 6.45) is 2.63. The van der Waals surface area contributed by atoms with Gasteiger partial charge >= 0.3 is 0 Å². The molecule has 0 aromatic carbocycles. The van der Waals surface area contributed by atoms with Crippen molar-refractivity contribution < 1.29 is 0 Å². The second kappa shape index (κ2) is 8.93. The maximum Gasteiger partial charge on any atom is 0.0212 e. The Morgan fingerprint density at radius 2 is 1.00 bits per heavy atom. The van der Waals surface area contributed by atoms with Gasteiger partial charge in [0, 0.05) is 31.6 Å². The molecular formula is C15H34N2. The molecule has 0 radical (unpaired) electrons. The first kappa shape index (κ1) is 16.9. The van der Waals surface area contributed by atoms with E-state index in [-0.39, 0.29) is 0 Å². The van der Waals surface area contributed by atoms with Crippen molar-refractivity contribution in [1.29, 1.82) is 0 Å². The third-order valence-electron chi connectivity index (χ3n) is 3.32. The van der Waals surface area contributed by atoms with Gasteiger partial charge in [-0.25, -0.2) is 0 Å². The summed E-state index contributed by atoms with van der Waals surface area (Å²) in [7, 11) is 0. The van der Waals surface area contributed by atoms with Gasteiger partial charge < -0.3 is 9.80 Å². The van der Waals surface area contributed by atoms with E-state index < -0.39 is 0 Å². The second-order valence-electron chi connectivity index (χ2n) is 4.92. The average Bonchev–Trinajstić information content (AvgIpc) is 2.29. The number of likely N-dealkylation sites (tertiary alicyclic amines) is 2. The minimum absolute atomic E-state index is 0.740. The summed E-state index contributed by atoms with van der Waals surface area (Å²) in [6, 6.07) is 0. The van der Waals surface area contributed by atoms with Gasteiger partial charge in [-0.15, -0.1) is 0 Å². The van der Waals surface area contributed by atoms with Crippen LogP contribution in [-0.4, -0.2) is 49.1 Å². The molecule has 0 aliphatic carbocycles. The van der Waals surface area contributed by atoms with E-state index in [9.17, 15) is 0 Å². The van der Waals surface area contributed by atoms with Gasteiger partial charge in [0.1, 0.15) is 0 Å². The summed E-state index contributed by atoms with van der Waals surface area (Å²) in [6.45, 7) is 20.7. The molecule has 1 spiro atoms. The van der Waals surface area contributed by atoms with E-state index >= 15 is 0 Å². The fourth-order valence-electron chi connectivity index (χ4n) is 2.95. The Bertz CT molecular complexity index is 144. The van der Waals surface area contributed by atoms with Gasteiger partial charge in [0.25, 0.3) is 0 Å². The summed E-state index contributed by atoms with van der Waals surface area (Å²) in [5.41, 5.74) is 0.740. The third kappa shape index (κ3) is 4.59. The normalized spacial score (nSPS) is 21.5. The van der Waals surface area contributed by atoms with Crippen molar-refractivity contribution in [2.45, 2.75) is 54.4 Å². The van der Waals surface area contributed by atoms with Crippen molar-refractivity contribution in [3.8, 4) is 0 Å². The molecule has 104 valence electrons. The Hall–Kier alpha value is -0.0800. The van der Waals surface area contributed by atoms with Gasteiger partial charge in [0.2, 0.25) is 0 Å². The number of nitrogens with zero attached hydrogens (tertiary/aromatic N) is 2. The Morgan fingerprint density at radius 1 is 0.706 bits per heavy atom. The van der Waals surface area contributed by atoms with Crippen LogP contribution in [-0.2, 0) is 0 Å². The van der Waals surface area contributed by atoms with Crippen LogP contribution >= 0.6 is 0 Å². The molecule has 0 N–H and O–H groups in total. The molecule has 2 aliphatic heterocycles. The number of rotatable bonds is 4. The Labute approximate surface area is 109 Å². The molecule has 2 saturated heterocycles. The third-order valence-corrected chi connectivity index (χ3v) is 3.32.